The molecule has 0 amide bonds. The number of unbranched alkanes of at least 4 members (excludes halogenated alkanes) is 5. The molecule has 2 heteroatoms. The minimum Gasteiger partial charge on any atom is -0.481 e. The quantitative estimate of drug-likeness (QED) is 0.381. The molecule has 0 spiro atoms. The van der Waals surface area contributed by atoms with E-state index < -0.39 is 5.97 Å². The first kappa shape index (κ1) is 18.4. The van der Waals surface area contributed by atoms with Crippen molar-refractivity contribution in [2.24, 2.45) is 0 Å². The van der Waals surface area contributed by atoms with Gasteiger partial charge in [-0.2, -0.15) is 0 Å². The van der Waals surface area contributed by atoms with Crippen molar-refractivity contribution in [3.8, 4) is 0 Å². The lowest BCUT2D eigenvalue weighted by atomic mass is 10.1. The van der Waals surface area contributed by atoms with Crippen LogP contribution >= 0.6 is 0 Å². The van der Waals surface area contributed by atoms with Gasteiger partial charge in [-0.05, 0) is 25.7 Å². The lowest BCUT2D eigenvalue weighted by Crippen LogP contribution is -1.93. The van der Waals surface area contributed by atoms with Gasteiger partial charge in [0.1, 0.15) is 0 Å². The minimum absolute atomic E-state index is 0.311. The van der Waals surface area contributed by atoms with Crippen LogP contribution in [0, 0.1) is 0 Å². The lowest BCUT2D eigenvalue weighted by Gasteiger charge is -1.97. The zero-order chi connectivity index (χ0) is 14.9. The maximum Gasteiger partial charge on any atom is 0.303 e. The second-order valence-corrected chi connectivity index (χ2v) is 4.73. The molecule has 2 nitrogen and oxygen atoms in total. The molecule has 0 saturated carbocycles. The van der Waals surface area contributed by atoms with Crippen molar-refractivity contribution in [3.63, 3.8) is 0 Å². The normalized spacial score (nSPS) is 12.4. The molecule has 0 unspecified atom stereocenters. The molecule has 0 radical (unpaired) electrons. The SMILES string of the molecule is CC/C=C/C=C/C=C/C=C\CCCCCCCC(=O)O. The molecule has 0 atom stereocenters. The minimum atomic E-state index is -0.682. The number of allylic oxidation sites excluding steroid dienone is 8. The van der Waals surface area contributed by atoms with Crippen LogP contribution in [0.4, 0.5) is 0 Å². The van der Waals surface area contributed by atoms with E-state index in [2.05, 4.69) is 31.2 Å². The molecule has 0 fully saturated rings. The number of rotatable bonds is 12. The van der Waals surface area contributed by atoms with E-state index >= 15 is 0 Å². The van der Waals surface area contributed by atoms with E-state index in [0.29, 0.717) is 6.42 Å². The molecule has 0 aliphatic heterocycles. The van der Waals surface area contributed by atoms with E-state index in [1.165, 1.54) is 12.8 Å². The van der Waals surface area contributed by atoms with Crippen molar-refractivity contribution < 1.29 is 9.90 Å². The third kappa shape index (κ3) is 16.4. The Morgan fingerprint density at radius 1 is 0.800 bits per heavy atom. The smallest absolute Gasteiger partial charge is 0.303 e. The number of hydrogen-bond acceptors (Lipinski definition) is 1. The van der Waals surface area contributed by atoms with Gasteiger partial charge in [-0.1, -0.05) is 74.8 Å². The zero-order valence-corrected chi connectivity index (χ0v) is 12.6. The van der Waals surface area contributed by atoms with Crippen LogP contribution in [-0.4, -0.2) is 11.1 Å². The van der Waals surface area contributed by atoms with Crippen LogP contribution in [-0.2, 0) is 4.79 Å². The van der Waals surface area contributed by atoms with E-state index in [1.54, 1.807) is 0 Å². The maximum atomic E-state index is 10.3. The summed E-state index contributed by atoms with van der Waals surface area (Å²) in [6.07, 6.45) is 24.4. The molecular formula is C18H28O2. The predicted octanol–water partition coefficient (Wildman–Crippen LogP) is 5.44. The van der Waals surface area contributed by atoms with Crippen LogP contribution in [0.2, 0.25) is 0 Å². The summed E-state index contributed by atoms with van der Waals surface area (Å²) >= 11 is 0. The second kappa shape index (κ2) is 15.5. The van der Waals surface area contributed by atoms with Gasteiger partial charge in [0.05, 0.1) is 0 Å². The Labute approximate surface area is 123 Å². The van der Waals surface area contributed by atoms with Crippen molar-refractivity contribution in [2.45, 2.75) is 58.3 Å². The Balaban J connectivity index is 3.35. The van der Waals surface area contributed by atoms with Gasteiger partial charge in [0.2, 0.25) is 0 Å². The van der Waals surface area contributed by atoms with Gasteiger partial charge in [-0.3, -0.25) is 4.79 Å². The van der Waals surface area contributed by atoms with Crippen LogP contribution in [0.3, 0.4) is 0 Å². The van der Waals surface area contributed by atoms with Crippen LogP contribution in [0.5, 0.6) is 0 Å². The molecule has 0 aromatic heterocycles. The molecule has 0 aromatic rings. The maximum absolute atomic E-state index is 10.3. The van der Waals surface area contributed by atoms with Crippen LogP contribution in [0.1, 0.15) is 58.3 Å². The van der Waals surface area contributed by atoms with Gasteiger partial charge in [-0.25, -0.2) is 0 Å². The van der Waals surface area contributed by atoms with Gasteiger partial charge in [0, 0.05) is 6.42 Å². The Morgan fingerprint density at radius 3 is 2.00 bits per heavy atom. The molecule has 0 saturated heterocycles. The summed E-state index contributed by atoms with van der Waals surface area (Å²) in [6.45, 7) is 2.12. The van der Waals surface area contributed by atoms with Gasteiger partial charge < -0.3 is 5.11 Å². The molecule has 0 rings (SSSR count). The van der Waals surface area contributed by atoms with Gasteiger partial charge >= 0.3 is 5.97 Å². The topological polar surface area (TPSA) is 37.3 Å². The van der Waals surface area contributed by atoms with Crippen molar-refractivity contribution in [3.05, 3.63) is 48.6 Å². The average molecular weight is 276 g/mol. The third-order valence-corrected chi connectivity index (χ3v) is 2.82. The van der Waals surface area contributed by atoms with Gasteiger partial charge in [-0.15, -0.1) is 0 Å². The Kier molecular flexibility index (Phi) is 14.3. The van der Waals surface area contributed by atoms with E-state index in [4.69, 9.17) is 5.11 Å². The van der Waals surface area contributed by atoms with E-state index in [-0.39, 0.29) is 0 Å². The summed E-state index contributed by atoms with van der Waals surface area (Å²) in [5, 5.41) is 8.49. The third-order valence-electron chi connectivity index (χ3n) is 2.82. The van der Waals surface area contributed by atoms with E-state index in [1.807, 2.05) is 24.3 Å². The lowest BCUT2D eigenvalue weighted by molar-refractivity contribution is -0.137. The van der Waals surface area contributed by atoms with Crippen molar-refractivity contribution in [2.75, 3.05) is 0 Å². The standard InChI is InChI=1S/C18H28O2/c1-2-3-4-5-6-7-8-9-10-11-12-13-14-15-16-17-18(19)20/h3-10H,2,11-17H2,1H3,(H,19,20)/b4-3+,6-5+,8-7+,10-9-. The fourth-order valence-corrected chi connectivity index (χ4v) is 1.71. The molecule has 0 aromatic carbocycles. The predicted molar refractivity (Wildman–Crippen MR) is 86.8 cm³/mol. The summed E-state index contributed by atoms with van der Waals surface area (Å²) in [6, 6.07) is 0. The monoisotopic (exact) mass is 276 g/mol. The Bertz CT molecular complexity index is 335. The van der Waals surface area contributed by atoms with Gasteiger partial charge in [0.15, 0.2) is 0 Å². The van der Waals surface area contributed by atoms with Gasteiger partial charge in [0.25, 0.3) is 0 Å². The molecule has 0 aliphatic carbocycles. The number of carboxylic acid groups (broad SMARTS) is 1. The highest BCUT2D eigenvalue weighted by Gasteiger charge is 1.95. The first-order valence-corrected chi connectivity index (χ1v) is 7.64. The average Bonchev–Trinajstić information content (AvgIpc) is 2.43. The molecule has 112 valence electrons. The zero-order valence-electron chi connectivity index (χ0n) is 12.6. The fraction of sp³-hybridized carbons (Fsp3) is 0.500. The first-order chi connectivity index (χ1) is 9.77. The fourth-order valence-electron chi connectivity index (χ4n) is 1.71. The number of aliphatic carboxylic acids is 1. The summed E-state index contributed by atoms with van der Waals surface area (Å²) in [5.41, 5.74) is 0. The Hall–Kier alpha value is -1.57. The molecular weight excluding hydrogens is 248 g/mol. The largest absolute Gasteiger partial charge is 0.481 e. The molecule has 1 N–H and O–H groups in total. The molecule has 0 aliphatic rings. The van der Waals surface area contributed by atoms with E-state index in [0.717, 1.165) is 32.1 Å². The summed E-state index contributed by atoms with van der Waals surface area (Å²) in [7, 11) is 0. The highest BCUT2D eigenvalue weighted by atomic mass is 16.4. The molecule has 0 bridgehead atoms. The highest BCUT2D eigenvalue weighted by molar-refractivity contribution is 5.66. The van der Waals surface area contributed by atoms with Crippen LogP contribution in [0.15, 0.2) is 48.6 Å². The number of hydrogen-bond donors (Lipinski definition) is 1. The van der Waals surface area contributed by atoms with Crippen LogP contribution in [0.25, 0.3) is 0 Å². The van der Waals surface area contributed by atoms with Crippen molar-refractivity contribution in [1.82, 2.24) is 0 Å². The van der Waals surface area contributed by atoms with Crippen molar-refractivity contribution >= 4 is 5.97 Å². The molecule has 20 heavy (non-hydrogen) atoms. The molecule has 0 heterocycles. The Morgan fingerprint density at radius 2 is 1.35 bits per heavy atom. The first-order valence-electron chi connectivity index (χ1n) is 7.64. The number of carboxylic acids is 1. The van der Waals surface area contributed by atoms with E-state index in [9.17, 15) is 4.79 Å². The second-order valence-electron chi connectivity index (χ2n) is 4.73. The number of carbonyl (C=O) groups is 1. The van der Waals surface area contributed by atoms with Crippen molar-refractivity contribution in [1.29, 1.82) is 0 Å². The summed E-state index contributed by atoms with van der Waals surface area (Å²) in [4.78, 5) is 10.3. The summed E-state index contributed by atoms with van der Waals surface area (Å²) < 4.78 is 0. The summed E-state index contributed by atoms with van der Waals surface area (Å²) in [5.74, 6) is -0.682. The highest BCUT2D eigenvalue weighted by Crippen LogP contribution is 2.07. The van der Waals surface area contributed by atoms with Crippen LogP contribution < -0.4 is 0 Å².